The Morgan fingerprint density at radius 1 is 1.11 bits per heavy atom. The number of hydrogen-bond donors (Lipinski definition) is 0. The predicted molar refractivity (Wildman–Crippen MR) is 133 cm³/mol. The zero-order chi connectivity index (χ0) is 24.9. The molecule has 0 bridgehead atoms. The van der Waals surface area contributed by atoms with Gasteiger partial charge in [0.15, 0.2) is 11.6 Å². The van der Waals surface area contributed by atoms with Crippen molar-refractivity contribution in [2.24, 2.45) is 5.92 Å². The second-order valence-corrected chi connectivity index (χ2v) is 10.2. The van der Waals surface area contributed by atoms with E-state index in [9.17, 15) is 9.18 Å². The Labute approximate surface area is 205 Å². The predicted octanol–water partition coefficient (Wildman–Crippen LogP) is 2.23. The van der Waals surface area contributed by atoms with Gasteiger partial charge in [-0.3, -0.25) is 4.79 Å². The third-order valence-electron chi connectivity index (χ3n) is 7.70. The number of carbonyl (C=O) groups excluding carboxylic acids is 1. The number of nitrogens with zero attached hydrogens (tertiary/aromatic N) is 8. The van der Waals surface area contributed by atoms with Gasteiger partial charge in [0.2, 0.25) is 11.9 Å². The number of amides is 1. The first-order valence-electron chi connectivity index (χ1n) is 12.1. The highest BCUT2D eigenvalue weighted by Gasteiger charge is 2.41. The summed E-state index contributed by atoms with van der Waals surface area (Å²) in [6, 6.07) is 6.21. The highest BCUT2D eigenvalue weighted by molar-refractivity contribution is 5.82. The lowest BCUT2D eigenvalue weighted by molar-refractivity contribution is -0.140. The molecule has 5 heterocycles. The lowest BCUT2D eigenvalue weighted by Crippen LogP contribution is -2.57. The van der Waals surface area contributed by atoms with Gasteiger partial charge in [-0.25, -0.2) is 14.4 Å². The molecule has 0 saturated carbocycles. The lowest BCUT2D eigenvalue weighted by atomic mass is 9.93. The van der Waals surface area contributed by atoms with E-state index < -0.39 is 11.4 Å². The smallest absolute Gasteiger partial charge is 0.229 e. The van der Waals surface area contributed by atoms with Crippen LogP contribution in [0.3, 0.4) is 0 Å². The number of fused-ring (bicyclic) bond motifs is 1. The molecular weight excluding hydrogens is 447 g/mol. The number of carbonyl (C=O) groups is 1. The third kappa shape index (κ3) is 4.09. The molecule has 186 valence electrons. The highest BCUT2D eigenvalue weighted by Crippen LogP contribution is 2.32. The van der Waals surface area contributed by atoms with Gasteiger partial charge in [-0.15, -0.1) is 0 Å². The van der Waals surface area contributed by atoms with E-state index in [1.807, 2.05) is 60.8 Å². The molecule has 0 aromatic carbocycles. The van der Waals surface area contributed by atoms with Gasteiger partial charge in [0, 0.05) is 52.0 Å². The lowest BCUT2D eigenvalue weighted by Gasteiger charge is -2.44. The number of aromatic nitrogens is 4. The largest absolute Gasteiger partial charge is 0.352 e. The molecule has 1 unspecified atom stereocenters. The van der Waals surface area contributed by atoms with Gasteiger partial charge in [0.1, 0.15) is 5.65 Å². The number of pyridine rings is 1. The summed E-state index contributed by atoms with van der Waals surface area (Å²) in [5, 5.41) is 0. The van der Waals surface area contributed by atoms with E-state index in [0.717, 1.165) is 31.0 Å². The van der Waals surface area contributed by atoms with Crippen molar-refractivity contribution in [3.8, 4) is 0 Å². The van der Waals surface area contributed by atoms with Gasteiger partial charge >= 0.3 is 0 Å². The maximum absolute atomic E-state index is 14.7. The van der Waals surface area contributed by atoms with E-state index in [1.54, 1.807) is 4.90 Å². The molecule has 0 radical (unpaired) electrons. The highest BCUT2D eigenvalue weighted by atomic mass is 19.1. The molecule has 0 spiro atoms. The Morgan fingerprint density at radius 3 is 2.63 bits per heavy atom. The first-order valence-corrected chi connectivity index (χ1v) is 12.1. The van der Waals surface area contributed by atoms with Crippen molar-refractivity contribution in [2.45, 2.75) is 32.4 Å². The zero-order valence-electron chi connectivity index (χ0n) is 21.0. The van der Waals surface area contributed by atoms with Gasteiger partial charge in [0.05, 0.1) is 29.5 Å². The zero-order valence-corrected chi connectivity index (χ0v) is 21.0. The number of halogens is 1. The van der Waals surface area contributed by atoms with Crippen LogP contribution in [-0.2, 0) is 10.3 Å². The minimum atomic E-state index is -0.566. The van der Waals surface area contributed by atoms with E-state index in [0.29, 0.717) is 25.1 Å². The van der Waals surface area contributed by atoms with Gasteiger partial charge < -0.3 is 24.0 Å². The minimum absolute atomic E-state index is 0.0275. The minimum Gasteiger partial charge on any atom is -0.352 e. The normalized spacial score (nSPS) is 19.8. The van der Waals surface area contributed by atoms with Crippen LogP contribution in [-0.4, -0.2) is 87.9 Å². The molecule has 3 aromatic rings. The summed E-state index contributed by atoms with van der Waals surface area (Å²) < 4.78 is 16.7. The molecule has 1 amide bonds. The van der Waals surface area contributed by atoms with Gasteiger partial charge in [-0.1, -0.05) is 6.07 Å². The number of hydrogen-bond acceptors (Lipinski definition) is 7. The second-order valence-electron chi connectivity index (χ2n) is 10.2. The summed E-state index contributed by atoms with van der Waals surface area (Å²) >= 11 is 0. The first kappa shape index (κ1) is 23.5. The fraction of sp³-hybridized carbons (Fsp3) is 0.520. The van der Waals surface area contributed by atoms with Crippen LogP contribution in [0.5, 0.6) is 0 Å². The SMILES string of the molecule is CC1CN(c2ncc(F)c(N3CC(C(=O)N(C)C(C)(C)c4cnc5ccccn45)C3)n2)CCN1C. The Kier molecular flexibility index (Phi) is 5.86. The molecule has 35 heavy (non-hydrogen) atoms. The van der Waals surface area contributed by atoms with Crippen LogP contribution in [0.25, 0.3) is 5.65 Å². The van der Waals surface area contributed by atoms with Crippen molar-refractivity contribution in [1.82, 2.24) is 29.2 Å². The molecule has 2 fully saturated rings. The summed E-state index contributed by atoms with van der Waals surface area (Å²) in [5.74, 6) is 0.164. The fourth-order valence-corrected chi connectivity index (χ4v) is 4.87. The van der Waals surface area contributed by atoms with Crippen molar-refractivity contribution in [3.63, 3.8) is 0 Å². The number of rotatable bonds is 5. The standard InChI is InChI=1S/C25H33FN8O/c1-17-14-32(11-10-30(17)4)24-28-12-19(26)22(29-24)33-15-18(16-33)23(35)31(5)25(2,3)20-13-27-21-8-6-7-9-34(20)21/h6-9,12-13,17-18H,10-11,14-16H2,1-5H3. The van der Waals surface area contributed by atoms with Crippen molar-refractivity contribution >= 4 is 23.3 Å². The topological polar surface area (TPSA) is 73.1 Å². The third-order valence-corrected chi connectivity index (χ3v) is 7.70. The maximum atomic E-state index is 14.7. The van der Waals surface area contributed by atoms with Gasteiger partial charge in [0.25, 0.3) is 0 Å². The van der Waals surface area contributed by atoms with Crippen molar-refractivity contribution < 1.29 is 9.18 Å². The van der Waals surface area contributed by atoms with Crippen LogP contribution in [0.2, 0.25) is 0 Å². The van der Waals surface area contributed by atoms with Crippen LogP contribution >= 0.6 is 0 Å². The quantitative estimate of drug-likeness (QED) is 0.555. The van der Waals surface area contributed by atoms with Crippen molar-refractivity contribution in [3.05, 3.63) is 48.3 Å². The van der Waals surface area contributed by atoms with Crippen molar-refractivity contribution in [2.75, 3.05) is 56.6 Å². The Morgan fingerprint density at radius 2 is 1.89 bits per heavy atom. The Bertz CT molecular complexity index is 1240. The van der Waals surface area contributed by atoms with Crippen LogP contribution < -0.4 is 9.80 Å². The summed E-state index contributed by atoms with van der Waals surface area (Å²) in [5.41, 5.74) is 1.22. The molecule has 0 aliphatic carbocycles. The molecule has 0 N–H and O–H groups in total. The Balaban J connectivity index is 1.27. The first-order chi connectivity index (χ1) is 16.7. The molecule has 3 aromatic heterocycles. The van der Waals surface area contributed by atoms with Crippen LogP contribution in [0.4, 0.5) is 16.2 Å². The average molecular weight is 481 g/mol. The Hall–Kier alpha value is -3.27. The van der Waals surface area contributed by atoms with E-state index in [1.165, 1.54) is 6.20 Å². The molecule has 2 aliphatic heterocycles. The molecule has 2 saturated heterocycles. The molecule has 2 aliphatic rings. The molecular formula is C25H33FN8O. The summed E-state index contributed by atoms with van der Waals surface area (Å²) in [7, 11) is 3.93. The van der Waals surface area contributed by atoms with Gasteiger partial charge in [-0.2, -0.15) is 4.98 Å². The summed E-state index contributed by atoms with van der Waals surface area (Å²) in [6.45, 7) is 9.56. The number of imidazole rings is 1. The van der Waals surface area contributed by atoms with E-state index in [4.69, 9.17) is 0 Å². The number of piperazine rings is 1. The summed E-state index contributed by atoms with van der Waals surface area (Å²) in [4.78, 5) is 34.6. The molecule has 1 atom stereocenters. The second kappa shape index (κ2) is 8.75. The maximum Gasteiger partial charge on any atom is 0.229 e. The van der Waals surface area contributed by atoms with E-state index in [2.05, 4.69) is 38.7 Å². The van der Waals surface area contributed by atoms with Gasteiger partial charge in [-0.05, 0) is 40.0 Å². The van der Waals surface area contributed by atoms with Crippen LogP contribution in [0.1, 0.15) is 26.5 Å². The van der Waals surface area contributed by atoms with Crippen LogP contribution in [0.15, 0.2) is 36.8 Å². The molecule has 5 rings (SSSR count). The molecule has 9 nitrogen and oxygen atoms in total. The monoisotopic (exact) mass is 480 g/mol. The number of anilines is 2. The molecule has 10 heteroatoms. The summed E-state index contributed by atoms with van der Waals surface area (Å²) in [6.07, 6.45) is 5.03. The van der Waals surface area contributed by atoms with E-state index in [-0.39, 0.29) is 17.6 Å². The van der Waals surface area contributed by atoms with Crippen LogP contribution in [0, 0.1) is 11.7 Å². The fourth-order valence-electron chi connectivity index (χ4n) is 4.87. The number of likely N-dealkylation sites (N-methyl/N-ethyl adjacent to an activating group) is 1. The van der Waals surface area contributed by atoms with E-state index >= 15 is 0 Å². The average Bonchev–Trinajstić information content (AvgIpc) is 3.25. The van der Waals surface area contributed by atoms with Crippen molar-refractivity contribution in [1.29, 1.82) is 0 Å².